The Morgan fingerprint density at radius 2 is 1.84 bits per heavy atom. The molecule has 0 aliphatic carbocycles. The number of hydrogen-bond donors (Lipinski definition) is 0. The number of halogens is 3. The van der Waals surface area contributed by atoms with Crippen LogP contribution in [0.15, 0.2) is 59.5 Å². The van der Waals surface area contributed by atoms with Gasteiger partial charge in [0.1, 0.15) is 5.75 Å². The van der Waals surface area contributed by atoms with E-state index in [4.69, 9.17) is 16.3 Å². The molecule has 0 unspecified atom stereocenters. The topological polar surface area (TPSA) is 12.5 Å². The van der Waals surface area contributed by atoms with E-state index in [0.29, 0.717) is 26.2 Å². The molecule has 0 saturated heterocycles. The molecule has 2 heterocycles. The average molecular weight is 396 g/mol. The summed E-state index contributed by atoms with van der Waals surface area (Å²) in [5, 5.41) is 0. The molecule has 0 spiro atoms. The van der Waals surface area contributed by atoms with Crippen molar-refractivity contribution in [3.05, 3.63) is 64.5 Å². The maximum Gasteiger partial charge on any atom is 0.362 e. The summed E-state index contributed by atoms with van der Waals surface area (Å²) in [6.07, 6.45) is 0. The van der Waals surface area contributed by atoms with E-state index < -0.39 is 6.05 Å². The molecule has 0 bridgehead atoms. The van der Waals surface area contributed by atoms with Gasteiger partial charge in [0.25, 0.3) is 0 Å². The van der Waals surface area contributed by atoms with E-state index in [1.54, 1.807) is 55.6 Å². The summed E-state index contributed by atoms with van der Waals surface area (Å²) in [5.41, 5.74) is 0.951. The van der Waals surface area contributed by atoms with Gasteiger partial charge in [-0.1, -0.05) is 35.9 Å². The number of alkyl halides is 2. The van der Waals surface area contributed by atoms with E-state index in [1.807, 2.05) is 0 Å². The zero-order valence-corrected chi connectivity index (χ0v) is 15.4. The van der Waals surface area contributed by atoms with Gasteiger partial charge < -0.3 is 4.74 Å². The second kappa shape index (κ2) is 6.20. The van der Waals surface area contributed by atoms with Crippen LogP contribution < -0.4 is 9.04 Å². The first-order valence-electron chi connectivity index (χ1n) is 7.40. The summed E-state index contributed by atoms with van der Waals surface area (Å²) >= 11 is 8.44. The third-order valence-corrected chi connectivity index (χ3v) is 6.29. The van der Waals surface area contributed by atoms with Gasteiger partial charge in [-0.2, -0.15) is 8.78 Å². The molecule has 0 atom stereocenters. The van der Waals surface area contributed by atoms with Gasteiger partial charge in [-0.3, -0.25) is 0 Å². The Morgan fingerprint density at radius 1 is 1.12 bits per heavy atom. The van der Waals surface area contributed by atoms with Crippen molar-refractivity contribution in [2.45, 2.75) is 10.9 Å². The molecule has 1 aromatic heterocycles. The summed E-state index contributed by atoms with van der Waals surface area (Å²) in [4.78, 5) is 1.45. The maximum atomic E-state index is 15.2. The lowest BCUT2D eigenvalue weighted by Gasteiger charge is -2.36. The molecule has 0 radical (unpaired) electrons. The van der Waals surface area contributed by atoms with Crippen molar-refractivity contribution >= 4 is 40.6 Å². The van der Waals surface area contributed by atoms with E-state index in [1.165, 1.54) is 17.4 Å². The number of thiophene rings is 1. The highest BCUT2D eigenvalue weighted by atomic mass is 35.5. The number of methoxy groups -OCH3 is 1. The Balaban J connectivity index is 1.81. The van der Waals surface area contributed by atoms with Crippen molar-refractivity contribution < 1.29 is 13.5 Å². The van der Waals surface area contributed by atoms with Gasteiger partial charge in [0.2, 0.25) is 0 Å². The molecule has 25 heavy (non-hydrogen) atoms. The minimum Gasteiger partial charge on any atom is -0.497 e. The van der Waals surface area contributed by atoms with Gasteiger partial charge in [0, 0.05) is 10.5 Å². The highest BCUT2D eigenvalue weighted by Gasteiger charge is 2.47. The fourth-order valence-corrected chi connectivity index (χ4v) is 4.97. The molecule has 0 saturated carbocycles. The highest BCUT2D eigenvalue weighted by molar-refractivity contribution is 8.00. The molecule has 7 heteroatoms. The Bertz CT molecular complexity index is 927. The summed E-state index contributed by atoms with van der Waals surface area (Å²) in [6, 6.07) is 12.0. The van der Waals surface area contributed by atoms with E-state index in [9.17, 15) is 0 Å². The quantitative estimate of drug-likeness (QED) is 0.363. The van der Waals surface area contributed by atoms with Crippen LogP contribution in [0, 0.1) is 0 Å². The maximum absolute atomic E-state index is 15.2. The zero-order valence-electron chi connectivity index (χ0n) is 13.0. The monoisotopic (exact) mass is 395 g/mol. The molecule has 128 valence electrons. The van der Waals surface area contributed by atoms with Crippen LogP contribution in [0.3, 0.4) is 0 Å². The van der Waals surface area contributed by atoms with Crippen molar-refractivity contribution in [2.75, 3.05) is 11.4 Å². The number of benzene rings is 2. The lowest BCUT2D eigenvalue weighted by Crippen LogP contribution is -2.36. The van der Waals surface area contributed by atoms with Gasteiger partial charge in [-0.05, 0) is 42.3 Å². The molecule has 1 aliphatic rings. The van der Waals surface area contributed by atoms with E-state index in [0.717, 1.165) is 21.1 Å². The summed E-state index contributed by atoms with van der Waals surface area (Å²) in [7, 11) is 1.57. The van der Waals surface area contributed by atoms with Gasteiger partial charge in [-0.25, -0.2) is 4.31 Å². The molecule has 1 aliphatic heterocycles. The SMILES string of the molecule is COc1ccc(SN2c3cc(Cl)sc3-c3ccccc3C2(F)F)cc1. The molecule has 2 aromatic carbocycles. The van der Waals surface area contributed by atoms with Crippen molar-refractivity contribution in [3.63, 3.8) is 0 Å². The molecule has 0 amide bonds. The highest BCUT2D eigenvalue weighted by Crippen LogP contribution is 2.56. The molecule has 0 fully saturated rings. The van der Waals surface area contributed by atoms with Crippen LogP contribution in [0.5, 0.6) is 5.75 Å². The Kier molecular flexibility index (Phi) is 4.14. The van der Waals surface area contributed by atoms with Crippen molar-refractivity contribution in [3.8, 4) is 16.2 Å². The van der Waals surface area contributed by atoms with Gasteiger partial charge in [0.05, 0.1) is 27.6 Å². The standard InChI is InChI=1S/C18H12ClF2NOS2/c1-23-11-6-8-12(9-7-11)25-22-15-10-16(19)24-17(15)13-4-2-3-5-14(13)18(22,20)21/h2-10H,1H3. The lowest BCUT2D eigenvalue weighted by atomic mass is 10.00. The van der Waals surface area contributed by atoms with Crippen LogP contribution >= 0.6 is 34.9 Å². The first kappa shape index (κ1) is 16.7. The smallest absolute Gasteiger partial charge is 0.362 e. The fraction of sp³-hybridized carbons (Fsp3) is 0.111. The second-order valence-corrected chi connectivity index (χ2v) is 8.12. The van der Waals surface area contributed by atoms with Gasteiger partial charge >= 0.3 is 6.05 Å². The predicted molar refractivity (Wildman–Crippen MR) is 100.0 cm³/mol. The summed E-state index contributed by atoms with van der Waals surface area (Å²) < 4.78 is 37.1. The molecular formula is C18H12ClF2NOS2. The fourth-order valence-electron chi connectivity index (χ4n) is 2.75. The number of hydrogen-bond acceptors (Lipinski definition) is 4. The number of rotatable bonds is 3. The van der Waals surface area contributed by atoms with Gasteiger partial charge in [-0.15, -0.1) is 11.3 Å². The molecule has 0 N–H and O–H groups in total. The van der Waals surface area contributed by atoms with Gasteiger partial charge in [0.15, 0.2) is 0 Å². The van der Waals surface area contributed by atoms with E-state index in [-0.39, 0.29) is 5.56 Å². The second-order valence-electron chi connectivity index (χ2n) is 5.41. The van der Waals surface area contributed by atoms with Crippen molar-refractivity contribution in [2.24, 2.45) is 0 Å². The predicted octanol–water partition coefficient (Wildman–Crippen LogP) is 6.65. The van der Waals surface area contributed by atoms with Crippen LogP contribution in [0.4, 0.5) is 14.5 Å². The summed E-state index contributed by atoms with van der Waals surface area (Å²) in [6.45, 7) is 0. The third kappa shape index (κ3) is 2.78. The van der Waals surface area contributed by atoms with E-state index >= 15 is 8.78 Å². The van der Waals surface area contributed by atoms with Crippen LogP contribution in [-0.4, -0.2) is 7.11 Å². The Hall–Kier alpha value is -1.76. The van der Waals surface area contributed by atoms with Crippen LogP contribution in [0.1, 0.15) is 5.56 Å². The number of anilines is 1. The zero-order chi connectivity index (χ0) is 17.6. The third-order valence-electron chi connectivity index (χ3n) is 3.91. The summed E-state index contributed by atoms with van der Waals surface area (Å²) in [5.74, 6) is 0.680. The average Bonchev–Trinajstić information content (AvgIpc) is 3.01. The van der Waals surface area contributed by atoms with E-state index in [2.05, 4.69) is 0 Å². The van der Waals surface area contributed by atoms with Crippen LogP contribution in [-0.2, 0) is 6.05 Å². The molecule has 2 nitrogen and oxygen atoms in total. The number of nitrogens with zero attached hydrogens (tertiary/aromatic N) is 1. The molecular weight excluding hydrogens is 384 g/mol. The normalized spacial score (nSPS) is 14.8. The van der Waals surface area contributed by atoms with Crippen LogP contribution in [0.25, 0.3) is 10.4 Å². The Labute approximate surface area is 157 Å². The largest absolute Gasteiger partial charge is 0.497 e. The van der Waals surface area contributed by atoms with Crippen molar-refractivity contribution in [1.82, 2.24) is 0 Å². The van der Waals surface area contributed by atoms with Crippen LogP contribution in [0.2, 0.25) is 4.34 Å². The molecule has 3 aromatic rings. The Morgan fingerprint density at radius 3 is 2.56 bits per heavy atom. The number of fused-ring (bicyclic) bond motifs is 3. The molecule has 4 rings (SSSR count). The first-order valence-corrected chi connectivity index (χ1v) is 9.37. The lowest BCUT2D eigenvalue weighted by molar-refractivity contribution is 0.0112. The van der Waals surface area contributed by atoms with Crippen molar-refractivity contribution in [1.29, 1.82) is 0 Å². The minimum atomic E-state index is -3.15. The number of ether oxygens (including phenoxy) is 1. The first-order chi connectivity index (χ1) is 12.0. The minimum absolute atomic E-state index is 0.0120.